The van der Waals surface area contributed by atoms with Crippen molar-refractivity contribution in [2.24, 2.45) is 0 Å². The summed E-state index contributed by atoms with van der Waals surface area (Å²) in [5, 5.41) is 13.4. The minimum absolute atomic E-state index is 0.0394. The fraction of sp³-hybridized carbons (Fsp3) is 0.320. The summed E-state index contributed by atoms with van der Waals surface area (Å²) >= 11 is 0. The maximum absolute atomic E-state index is 13.6. The van der Waals surface area contributed by atoms with Gasteiger partial charge in [0.05, 0.1) is 25.2 Å². The van der Waals surface area contributed by atoms with Crippen molar-refractivity contribution in [2.75, 3.05) is 27.7 Å². The lowest BCUT2D eigenvalue weighted by Gasteiger charge is -2.05. The number of carbonyl (C=O) groups is 4. The summed E-state index contributed by atoms with van der Waals surface area (Å²) in [5.41, 5.74) is 2.11. The average molecular weight is 528 g/mol. The van der Waals surface area contributed by atoms with E-state index in [2.05, 4.69) is 15.6 Å². The monoisotopic (exact) mass is 527 g/mol. The van der Waals surface area contributed by atoms with Crippen LogP contribution in [0.1, 0.15) is 34.1 Å². The molecule has 5 amide bonds. The number of fused-ring (bicyclic) bond motifs is 2. The van der Waals surface area contributed by atoms with E-state index in [-0.39, 0.29) is 23.1 Å². The first-order valence-corrected chi connectivity index (χ1v) is 11.6. The zero-order chi connectivity index (χ0) is 27.6. The highest BCUT2D eigenvalue weighted by atomic mass is 19.1. The van der Waals surface area contributed by atoms with E-state index in [0.29, 0.717) is 36.4 Å². The molecule has 2 fully saturated rings. The lowest BCUT2D eigenvalue weighted by Crippen LogP contribution is -2.22. The first-order chi connectivity index (χ1) is 18.1. The van der Waals surface area contributed by atoms with Crippen molar-refractivity contribution >= 4 is 34.9 Å². The van der Waals surface area contributed by atoms with Crippen LogP contribution in [0, 0.1) is 5.82 Å². The summed E-state index contributed by atoms with van der Waals surface area (Å²) in [4.78, 5) is 51.5. The molecule has 12 nitrogen and oxygen atoms in total. The molecule has 3 aliphatic rings. The largest absolute Gasteiger partial charge is 0.494 e. The zero-order valence-electron chi connectivity index (χ0n) is 20.9. The van der Waals surface area contributed by atoms with Gasteiger partial charge in [-0.3, -0.25) is 24.7 Å². The van der Waals surface area contributed by atoms with E-state index >= 15 is 0 Å². The fourth-order valence-corrected chi connectivity index (χ4v) is 4.12. The number of aliphatic hydroxyl groups excluding tert-OH is 1. The zero-order valence-corrected chi connectivity index (χ0v) is 20.9. The van der Waals surface area contributed by atoms with Gasteiger partial charge in [0.15, 0.2) is 23.2 Å². The lowest BCUT2D eigenvalue weighted by molar-refractivity contribution is -0.126. The normalized spacial score (nSPS) is 19.9. The summed E-state index contributed by atoms with van der Waals surface area (Å²) in [7, 11) is 4.72. The van der Waals surface area contributed by atoms with Crippen LogP contribution in [0.2, 0.25) is 0 Å². The molecule has 2 atom stereocenters. The first kappa shape index (κ1) is 26.5. The van der Waals surface area contributed by atoms with E-state index < -0.39 is 29.9 Å². The number of likely N-dealkylation sites (tertiary alicyclic amines) is 1. The Kier molecular flexibility index (Phi) is 7.57. The minimum Gasteiger partial charge on any atom is -0.494 e. The number of imide groups is 1. The number of likely N-dealkylation sites (N-methyl/N-ethyl adjacent to an activating group) is 1. The summed E-state index contributed by atoms with van der Waals surface area (Å²) in [6, 6.07) is 7.12. The molecule has 1 aromatic carbocycles. The number of methoxy groups -OCH3 is 1. The van der Waals surface area contributed by atoms with Crippen LogP contribution in [0.5, 0.6) is 5.75 Å². The second kappa shape index (κ2) is 10.8. The number of carbonyl (C=O) groups excluding carboxylic acids is 4. The van der Waals surface area contributed by atoms with Crippen LogP contribution in [0.25, 0.3) is 11.1 Å². The molecular weight excluding hydrogens is 501 g/mol. The molecular formula is C25H26FN5O7. The molecule has 5 heterocycles. The molecule has 0 aliphatic carbocycles. The molecule has 0 saturated carbocycles. The molecule has 6 rings (SSSR count). The number of amides is 5. The number of nitrogens with zero attached hydrogens (tertiary/aromatic N) is 3. The second-order valence-corrected chi connectivity index (χ2v) is 8.84. The average Bonchev–Trinajstić information content (AvgIpc) is 3.60. The molecule has 38 heavy (non-hydrogen) atoms. The van der Waals surface area contributed by atoms with E-state index in [4.69, 9.17) is 14.3 Å². The number of hydrogen-bond acceptors (Lipinski definition) is 8. The van der Waals surface area contributed by atoms with Crippen LogP contribution in [0.15, 0.2) is 40.9 Å². The van der Waals surface area contributed by atoms with E-state index in [1.807, 2.05) is 0 Å². The number of halogens is 1. The van der Waals surface area contributed by atoms with Gasteiger partial charge >= 0.3 is 6.03 Å². The number of pyridine rings is 1. The van der Waals surface area contributed by atoms with Gasteiger partial charge in [0.25, 0.3) is 11.8 Å². The summed E-state index contributed by atoms with van der Waals surface area (Å²) in [6.07, 6.45) is 1.51. The molecule has 200 valence electrons. The molecule has 13 heteroatoms. The maximum atomic E-state index is 13.6. The molecule has 3 aliphatic heterocycles. The van der Waals surface area contributed by atoms with Crippen LogP contribution in [-0.2, 0) is 16.1 Å². The topological polar surface area (TPSA) is 154 Å². The number of nitrogens with one attached hydrogen (secondary N) is 2. The van der Waals surface area contributed by atoms with Gasteiger partial charge in [-0.15, -0.1) is 0 Å². The molecule has 2 saturated heterocycles. The number of β-amino-alcohol motifs (C(OH)–C–C–N with tert-alkyl or cyclic N) is 1. The molecule has 0 spiro atoms. The second-order valence-electron chi connectivity index (χ2n) is 8.84. The van der Waals surface area contributed by atoms with Crippen molar-refractivity contribution in [1.82, 2.24) is 25.4 Å². The molecule has 0 radical (unpaired) electrons. The van der Waals surface area contributed by atoms with Gasteiger partial charge in [0, 0.05) is 39.4 Å². The van der Waals surface area contributed by atoms with Gasteiger partial charge in [0.2, 0.25) is 5.91 Å². The number of aliphatic hydroxyl groups is 1. The van der Waals surface area contributed by atoms with Crippen molar-refractivity contribution in [3.8, 4) is 5.75 Å². The van der Waals surface area contributed by atoms with E-state index in [1.54, 1.807) is 50.6 Å². The van der Waals surface area contributed by atoms with E-state index in [0.717, 1.165) is 5.56 Å². The van der Waals surface area contributed by atoms with Crippen molar-refractivity contribution in [1.29, 1.82) is 0 Å². The van der Waals surface area contributed by atoms with Crippen LogP contribution >= 0.6 is 0 Å². The Bertz CT molecular complexity index is 1370. The Labute approximate surface area is 216 Å². The highest BCUT2D eigenvalue weighted by molar-refractivity contribution is 6.04. The molecule has 3 N–H and O–H groups in total. The minimum atomic E-state index is -0.762. The Morgan fingerprint density at radius 2 is 1.92 bits per heavy atom. The van der Waals surface area contributed by atoms with Crippen LogP contribution in [0.3, 0.4) is 0 Å². The standard InChI is InChI=1S/C10H10FNO2.C10H7N3O3.C5H9NO2/c1-12-5-6-3-4-7(14-2)9(11)8(6)10(12)13;14-9-8(12-10(15)13-9)7-4-5-6(16-7)2-1-3-11-5;1-6-3-4(7)2-5(6)8/h3-4H,5H2,1-2H3;1-4,8H,(H2,12,13,14,15);4,7H,2-3H2,1H3. The number of rotatable bonds is 2. The quantitative estimate of drug-likeness (QED) is 0.422. The highest BCUT2D eigenvalue weighted by Crippen LogP contribution is 2.29. The van der Waals surface area contributed by atoms with Gasteiger partial charge in [0.1, 0.15) is 11.3 Å². The number of aromatic nitrogens is 1. The number of ether oxygens (including phenoxy) is 1. The van der Waals surface area contributed by atoms with E-state index in [1.165, 1.54) is 16.9 Å². The third-order valence-electron chi connectivity index (χ3n) is 6.07. The Balaban J connectivity index is 0.000000140. The predicted molar refractivity (Wildman–Crippen MR) is 130 cm³/mol. The van der Waals surface area contributed by atoms with Crippen LogP contribution < -0.4 is 15.4 Å². The van der Waals surface area contributed by atoms with Gasteiger partial charge < -0.3 is 29.4 Å². The molecule has 0 bridgehead atoms. The fourth-order valence-electron chi connectivity index (χ4n) is 4.12. The molecule has 3 aromatic rings. The Morgan fingerprint density at radius 1 is 1.16 bits per heavy atom. The van der Waals surface area contributed by atoms with Gasteiger partial charge in [-0.25, -0.2) is 9.18 Å². The van der Waals surface area contributed by atoms with Crippen molar-refractivity contribution in [3.05, 3.63) is 59.2 Å². The third kappa shape index (κ3) is 5.42. The van der Waals surface area contributed by atoms with Crippen molar-refractivity contribution in [2.45, 2.75) is 25.1 Å². The Hall–Kier alpha value is -4.52. The summed E-state index contributed by atoms with van der Waals surface area (Å²) in [6.45, 7) is 0.966. The van der Waals surface area contributed by atoms with Crippen LogP contribution in [-0.4, -0.2) is 77.5 Å². The smallest absolute Gasteiger partial charge is 0.322 e. The SMILES string of the molecule is CN1CC(O)CC1=O.COc1ccc2c(c1F)C(=O)N(C)C2.O=C1NC(=O)C(c2cc3ncccc3o2)N1. The van der Waals surface area contributed by atoms with Crippen molar-refractivity contribution in [3.63, 3.8) is 0 Å². The number of hydrogen-bond donors (Lipinski definition) is 3. The van der Waals surface area contributed by atoms with Crippen molar-refractivity contribution < 1.29 is 37.8 Å². The lowest BCUT2D eigenvalue weighted by atomic mass is 10.1. The summed E-state index contributed by atoms with van der Waals surface area (Å²) in [5.74, 6) is -0.707. The maximum Gasteiger partial charge on any atom is 0.322 e. The van der Waals surface area contributed by atoms with Gasteiger partial charge in [-0.05, 0) is 23.8 Å². The summed E-state index contributed by atoms with van der Waals surface area (Å²) < 4.78 is 23.9. The third-order valence-corrected chi connectivity index (χ3v) is 6.07. The predicted octanol–water partition coefficient (Wildman–Crippen LogP) is 1.34. The number of urea groups is 1. The number of benzene rings is 1. The van der Waals surface area contributed by atoms with Gasteiger partial charge in [-0.2, -0.15) is 0 Å². The first-order valence-electron chi connectivity index (χ1n) is 11.6. The molecule has 2 aromatic heterocycles. The highest BCUT2D eigenvalue weighted by Gasteiger charge is 2.33. The number of furan rings is 1. The van der Waals surface area contributed by atoms with Crippen LogP contribution in [0.4, 0.5) is 9.18 Å². The molecule has 2 unspecified atom stereocenters. The van der Waals surface area contributed by atoms with Gasteiger partial charge in [-0.1, -0.05) is 6.07 Å². The van der Waals surface area contributed by atoms with E-state index in [9.17, 15) is 23.6 Å². The Morgan fingerprint density at radius 3 is 2.47 bits per heavy atom.